The number of benzene rings is 1. The number of carbonyl (C=O) groups is 1. The highest BCUT2D eigenvalue weighted by molar-refractivity contribution is 5.74. The van der Waals surface area contributed by atoms with Crippen LogP contribution in [0, 0.1) is 5.92 Å². The zero-order valence-corrected chi connectivity index (χ0v) is 14.9. The molecule has 0 bridgehead atoms. The van der Waals surface area contributed by atoms with Crippen molar-refractivity contribution in [3.63, 3.8) is 0 Å². The Hall–Kier alpha value is -1.95. The Labute approximate surface area is 149 Å². The molecule has 0 N–H and O–H groups in total. The highest BCUT2D eigenvalue weighted by Crippen LogP contribution is 2.32. The third-order valence-corrected chi connectivity index (χ3v) is 5.54. The van der Waals surface area contributed by atoms with Crippen molar-refractivity contribution in [2.24, 2.45) is 5.92 Å². The van der Waals surface area contributed by atoms with Crippen LogP contribution in [0.15, 0.2) is 18.2 Å². The number of fused-ring (bicyclic) bond motifs is 1. The van der Waals surface area contributed by atoms with Crippen LogP contribution in [0.1, 0.15) is 25.3 Å². The summed E-state index contributed by atoms with van der Waals surface area (Å²) in [6.07, 6.45) is 2.27. The molecule has 3 aliphatic heterocycles. The molecule has 1 aromatic rings. The highest BCUT2D eigenvalue weighted by Gasteiger charge is 2.27. The maximum atomic E-state index is 12.7. The van der Waals surface area contributed by atoms with Crippen LogP contribution >= 0.6 is 0 Å². The van der Waals surface area contributed by atoms with E-state index < -0.39 is 0 Å². The van der Waals surface area contributed by atoms with Gasteiger partial charge in [0.15, 0.2) is 11.5 Å². The van der Waals surface area contributed by atoms with E-state index in [9.17, 15) is 4.79 Å². The molecular weight excluding hydrogens is 318 g/mol. The van der Waals surface area contributed by atoms with Gasteiger partial charge in [0.05, 0.1) is 0 Å². The Bertz CT molecular complexity index is 620. The molecule has 2 amide bonds. The van der Waals surface area contributed by atoms with Crippen LogP contribution in [0.5, 0.6) is 11.5 Å². The van der Waals surface area contributed by atoms with E-state index in [1.54, 1.807) is 0 Å². The van der Waals surface area contributed by atoms with E-state index in [4.69, 9.17) is 9.47 Å². The number of hydrogen-bond donors (Lipinski definition) is 0. The molecule has 2 fully saturated rings. The van der Waals surface area contributed by atoms with Crippen molar-refractivity contribution in [1.29, 1.82) is 0 Å². The Morgan fingerprint density at radius 2 is 1.68 bits per heavy atom. The van der Waals surface area contributed by atoms with Crippen molar-refractivity contribution in [3.05, 3.63) is 23.8 Å². The Morgan fingerprint density at radius 3 is 2.44 bits per heavy atom. The summed E-state index contributed by atoms with van der Waals surface area (Å²) in [7, 11) is 0. The maximum Gasteiger partial charge on any atom is 0.320 e. The first-order valence-corrected chi connectivity index (χ1v) is 9.34. The lowest BCUT2D eigenvalue weighted by molar-refractivity contribution is 0.0999. The number of likely N-dealkylation sites (tertiary alicyclic amines) is 1. The highest BCUT2D eigenvalue weighted by atomic mass is 16.7. The van der Waals surface area contributed by atoms with E-state index in [0.717, 1.165) is 76.1 Å². The Morgan fingerprint density at radius 1 is 1.00 bits per heavy atom. The summed E-state index contributed by atoms with van der Waals surface area (Å²) >= 11 is 0. The summed E-state index contributed by atoms with van der Waals surface area (Å²) in [5.41, 5.74) is 1.23. The molecular formula is C19H27N3O3. The number of urea groups is 1. The molecule has 2 saturated heterocycles. The average molecular weight is 345 g/mol. The molecule has 3 aliphatic rings. The lowest BCUT2D eigenvalue weighted by Gasteiger charge is -2.39. The smallest absolute Gasteiger partial charge is 0.320 e. The van der Waals surface area contributed by atoms with Gasteiger partial charge in [-0.05, 0) is 36.5 Å². The number of amides is 2. The molecule has 3 heterocycles. The molecule has 136 valence electrons. The zero-order chi connectivity index (χ0) is 17.2. The average Bonchev–Trinajstić information content (AvgIpc) is 3.10. The molecule has 0 radical (unpaired) electrons. The van der Waals surface area contributed by atoms with Gasteiger partial charge in [-0.15, -0.1) is 0 Å². The second kappa shape index (κ2) is 7.12. The van der Waals surface area contributed by atoms with Crippen molar-refractivity contribution < 1.29 is 14.3 Å². The second-order valence-electron chi connectivity index (χ2n) is 7.40. The van der Waals surface area contributed by atoms with E-state index in [0.29, 0.717) is 6.79 Å². The molecule has 1 aromatic carbocycles. The summed E-state index contributed by atoms with van der Waals surface area (Å²) < 4.78 is 10.8. The van der Waals surface area contributed by atoms with Crippen LogP contribution in [0.3, 0.4) is 0 Å². The van der Waals surface area contributed by atoms with E-state index in [1.165, 1.54) is 5.56 Å². The van der Waals surface area contributed by atoms with Gasteiger partial charge in [0.1, 0.15) is 0 Å². The van der Waals surface area contributed by atoms with Gasteiger partial charge >= 0.3 is 6.03 Å². The van der Waals surface area contributed by atoms with Gasteiger partial charge in [0.2, 0.25) is 6.79 Å². The number of carbonyl (C=O) groups excluding carboxylic acids is 1. The number of hydrogen-bond acceptors (Lipinski definition) is 4. The quantitative estimate of drug-likeness (QED) is 0.826. The fraction of sp³-hybridized carbons (Fsp3) is 0.632. The fourth-order valence-corrected chi connectivity index (χ4v) is 3.79. The van der Waals surface area contributed by atoms with Crippen molar-refractivity contribution in [2.45, 2.75) is 26.3 Å². The lowest BCUT2D eigenvalue weighted by Crippen LogP contribution is -2.53. The minimum Gasteiger partial charge on any atom is -0.454 e. The molecule has 0 aromatic heterocycles. The SMILES string of the molecule is CC1CCN(C(=O)N2CCN(Cc3ccc4c(c3)OCO4)CC2)CC1. The molecule has 4 rings (SSSR count). The lowest BCUT2D eigenvalue weighted by atomic mass is 9.99. The first-order valence-electron chi connectivity index (χ1n) is 9.34. The standard InChI is InChI=1S/C19H27N3O3/c1-15-4-6-21(7-5-15)19(23)22-10-8-20(9-11-22)13-16-2-3-17-18(12-16)25-14-24-17/h2-3,12,15H,4-11,13-14H2,1H3. The zero-order valence-electron chi connectivity index (χ0n) is 14.9. The van der Waals surface area contributed by atoms with Crippen molar-refractivity contribution >= 4 is 6.03 Å². The maximum absolute atomic E-state index is 12.7. The van der Waals surface area contributed by atoms with Gasteiger partial charge in [0, 0.05) is 45.8 Å². The van der Waals surface area contributed by atoms with E-state index in [2.05, 4.69) is 24.0 Å². The van der Waals surface area contributed by atoms with Crippen LogP contribution in [-0.4, -0.2) is 66.8 Å². The minimum atomic E-state index is 0.231. The Kier molecular flexibility index (Phi) is 4.70. The molecule has 25 heavy (non-hydrogen) atoms. The van der Waals surface area contributed by atoms with E-state index in [1.807, 2.05) is 15.9 Å². The fourth-order valence-electron chi connectivity index (χ4n) is 3.79. The van der Waals surface area contributed by atoms with Crippen LogP contribution in [0.2, 0.25) is 0 Å². The monoisotopic (exact) mass is 345 g/mol. The predicted molar refractivity (Wildman–Crippen MR) is 94.8 cm³/mol. The van der Waals surface area contributed by atoms with Crippen molar-refractivity contribution in [1.82, 2.24) is 14.7 Å². The molecule has 0 aliphatic carbocycles. The van der Waals surface area contributed by atoms with Crippen molar-refractivity contribution in [3.8, 4) is 11.5 Å². The Balaban J connectivity index is 1.27. The number of nitrogens with zero attached hydrogens (tertiary/aromatic N) is 3. The van der Waals surface area contributed by atoms with Crippen LogP contribution in [-0.2, 0) is 6.54 Å². The first-order chi connectivity index (χ1) is 12.2. The first kappa shape index (κ1) is 16.5. The van der Waals surface area contributed by atoms with Gasteiger partial charge in [-0.2, -0.15) is 0 Å². The predicted octanol–water partition coefficient (Wildman–Crippen LogP) is 2.38. The van der Waals surface area contributed by atoms with Gasteiger partial charge in [-0.3, -0.25) is 4.90 Å². The number of ether oxygens (including phenoxy) is 2. The van der Waals surface area contributed by atoms with Gasteiger partial charge in [-0.1, -0.05) is 13.0 Å². The summed E-state index contributed by atoms with van der Waals surface area (Å²) in [5, 5.41) is 0. The van der Waals surface area contributed by atoms with E-state index in [-0.39, 0.29) is 6.03 Å². The molecule has 6 heteroatoms. The van der Waals surface area contributed by atoms with Crippen LogP contribution in [0.25, 0.3) is 0 Å². The molecule has 0 unspecified atom stereocenters. The van der Waals surface area contributed by atoms with Crippen LogP contribution < -0.4 is 9.47 Å². The van der Waals surface area contributed by atoms with Gasteiger partial charge in [0.25, 0.3) is 0 Å². The second-order valence-corrected chi connectivity index (χ2v) is 7.40. The third-order valence-electron chi connectivity index (χ3n) is 5.54. The third kappa shape index (κ3) is 3.68. The minimum absolute atomic E-state index is 0.231. The van der Waals surface area contributed by atoms with Crippen molar-refractivity contribution in [2.75, 3.05) is 46.1 Å². The summed E-state index contributed by atoms with van der Waals surface area (Å²) in [5.74, 6) is 2.42. The van der Waals surface area contributed by atoms with Crippen LogP contribution in [0.4, 0.5) is 4.79 Å². The largest absolute Gasteiger partial charge is 0.454 e. The number of piperazine rings is 1. The molecule has 0 saturated carbocycles. The molecule has 0 spiro atoms. The van der Waals surface area contributed by atoms with Gasteiger partial charge < -0.3 is 19.3 Å². The normalized spacial score (nSPS) is 21.6. The summed E-state index contributed by atoms with van der Waals surface area (Å²) in [6.45, 7) is 8.78. The molecule has 0 atom stereocenters. The number of rotatable bonds is 2. The summed E-state index contributed by atoms with van der Waals surface area (Å²) in [4.78, 5) is 19.1. The molecule has 6 nitrogen and oxygen atoms in total. The topological polar surface area (TPSA) is 45.3 Å². The number of piperidine rings is 1. The van der Waals surface area contributed by atoms with E-state index >= 15 is 0 Å². The van der Waals surface area contributed by atoms with Gasteiger partial charge in [-0.25, -0.2) is 4.79 Å². The summed E-state index contributed by atoms with van der Waals surface area (Å²) in [6, 6.07) is 6.37.